The van der Waals surface area contributed by atoms with E-state index in [1.807, 2.05) is 44.2 Å². The Balaban J connectivity index is 1.46. The van der Waals surface area contributed by atoms with Crippen molar-refractivity contribution in [3.05, 3.63) is 47.5 Å². The summed E-state index contributed by atoms with van der Waals surface area (Å²) in [5.41, 5.74) is 2.40. The van der Waals surface area contributed by atoms with Crippen molar-refractivity contribution in [1.29, 1.82) is 0 Å². The topological polar surface area (TPSA) is 81.4 Å². The van der Waals surface area contributed by atoms with E-state index in [0.717, 1.165) is 30.0 Å². The summed E-state index contributed by atoms with van der Waals surface area (Å²) < 4.78 is 7.51. The van der Waals surface area contributed by atoms with Gasteiger partial charge in [-0.15, -0.1) is 5.10 Å². The van der Waals surface area contributed by atoms with Gasteiger partial charge in [0.2, 0.25) is 5.82 Å². The second-order valence-corrected chi connectivity index (χ2v) is 6.69. The van der Waals surface area contributed by atoms with Crippen LogP contribution in [0.2, 0.25) is 0 Å². The van der Waals surface area contributed by atoms with Crippen molar-refractivity contribution in [3.8, 4) is 5.75 Å². The Morgan fingerprint density at radius 1 is 1.15 bits per heavy atom. The molecule has 2 heterocycles. The van der Waals surface area contributed by atoms with Gasteiger partial charge in [0.15, 0.2) is 0 Å². The van der Waals surface area contributed by atoms with E-state index in [4.69, 9.17) is 4.74 Å². The number of nitrogens with one attached hydrogen (secondary N) is 1. The third-order valence-electron chi connectivity index (χ3n) is 4.54. The van der Waals surface area contributed by atoms with Crippen molar-refractivity contribution in [2.75, 3.05) is 5.32 Å². The maximum Gasteiger partial charge on any atom is 0.295 e. The van der Waals surface area contributed by atoms with Crippen LogP contribution >= 0.6 is 0 Å². The zero-order valence-electron chi connectivity index (χ0n) is 14.9. The molecule has 1 fully saturated rings. The summed E-state index contributed by atoms with van der Waals surface area (Å²) in [6.07, 6.45) is 5.02. The summed E-state index contributed by atoms with van der Waals surface area (Å²) in [5.74, 6) is 0.985. The Labute approximate surface area is 151 Å². The van der Waals surface area contributed by atoms with Gasteiger partial charge in [0, 0.05) is 17.1 Å². The summed E-state index contributed by atoms with van der Waals surface area (Å²) in [6.45, 7) is 3.79. The molecule has 0 bridgehead atoms. The quantitative estimate of drug-likeness (QED) is 0.780. The van der Waals surface area contributed by atoms with Crippen LogP contribution < -0.4 is 10.1 Å². The van der Waals surface area contributed by atoms with Gasteiger partial charge in [0.1, 0.15) is 5.75 Å². The summed E-state index contributed by atoms with van der Waals surface area (Å²) in [5, 5.41) is 7.06. The van der Waals surface area contributed by atoms with E-state index in [2.05, 4.69) is 20.4 Å². The number of hydrogen-bond donors (Lipinski definition) is 1. The van der Waals surface area contributed by atoms with Gasteiger partial charge in [0.25, 0.3) is 11.7 Å². The Hall–Kier alpha value is -2.96. The molecule has 0 unspecified atom stereocenters. The van der Waals surface area contributed by atoms with Crippen molar-refractivity contribution in [2.45, 2.75) is 45.6 Å². The van der Waals surface area contributed by atoms with E-state index in [1.165, 1.54) is 12.8 Å². The molecule has 0 saturated heterocycles. The normalized spacial score (nSPS) is 14.7. The van der Waals surface area contributed by atoms with Gasteiger partial charge in [-0.2, -0.15) is 4.98 Å². The first-order valence-corrected chi connectivity index (χ1v) is 8.87. The van der Waals surface area contributed by atoms with Crippen LogP contribution in [0.1, 0.15) is 47.7 Å². The monoisotopic (exact) mass is 351 g/mol. The molecule has 1 saturated carbocycles. The molecule has 1 aliphatic rings. The maximum absolute atomic E-state index is 12.4. The highest BCUT2D eigenvalue weighted by Crippen LogP contribution is 2.25. The van der Waals surface area contributed by atoms with E-state index in [1.54, 1.807) is 4.52 Å². The highest BCUT2D eigenvalue weighted by molar-refractivity contribution is 6.01. The summed E-state index contributed by atoms with van der Waals surface area (Å²) in [7, 11) is 0. The number of hydrogen-bond acceptors (Lipinski definition) is 5. The number of fused-ring (bicyclic) bond motifs is 1. The van der Waals surface area contributed by atoms with Gasteiger partial charge < -0.3 is 10.1 Å². The number of rotatable bonds is 4. The van der Waals surface area contributed by atoms with Crippen LogP contribution in [-0.2, 0) is 0 Å². The van der Waals surface area contributed by atoms with E-state index in [9.17, 15) is 4.79 Å². The third-order valence-corrected chi connectivity index (χ3v) is 4.54. The molecule has 2 aromatic heterocycles. The van der Waals surface area contributed by atoms with Crippen molar-refractivity contribution in [2.24, 2.45) is 0 Å². The lowest BCUT2D eigenvalue weighted by atomic mass is 10.2. The minimum atomic E-state index is -0.364. The minimum Gasteiger partial charge on any atom is -0.490 e. The first kappa shape index (κ1) is 16.5. The number of ether oxygens (including phenoxy) is 1. The highest BCUT2D eigenvalue weighted by atomic mass is 16.5. The Bertz CT molecular complexity index is 942. The predicted octanol–water partition coefficient (Wildman–Crippen LogP) is 3.31. The number of carbonyl (C=O) groups is 1. The van der Waals surface area contributed by atoms with Crippen molar-refractivity contribution >= 4 is 17.4 Å². The zero-order valence-corrected chi connectivity index (χ0v) is 14.9. The number of aromatic nitrogens is 4. The molecule has 0 radical (unpaired) electrons. The summed E-state index contributed by atoms with van der Waals surface area (Å²) in [4.78, 5) is 21.0. The maximum atomic E-state index is 12.4. The van der Waals surface area contributed by atoms with Crippen LogP contribution in [0.4, 0.5) is 5.69 Å². The van der Waals surface area contributed by atoms with Crippen LogP contribution in [0, 0.1) is 13.8 Å². The SMILES string of the molecule is Cc1cc(C)n2nc(C(=O)Nc3ccc(OC4CCCC4)cc3)nc2n1. The molecule has 134 valence electrons. The predicted molar refractivity (Wildman–Crippen MR) is 97.5 cm³/mol. The zero-order chi connectivity index (χ0) is 18.1. The Morgan fingerprint density at radius 2 is 1.88 bits per heavy atom. The molecule has 1 aromatic carbocycles. The van der Waals surface area contributed by atoms with E-state index in [-0.39, 0.29) is 11.7 Å². The van der Waals surface area contributed by atoms with Gasteiger partial charge in [-0.3, -0.25) is 4.79 Å². The second-order valence-electron chi connectivity index (χ2n) is 6.69. The molecule has 1 aliphatic carbocycles. The molecule has 26 heavy (non-hydrogen) atoms. The Kier molecular flexibility index (Phi) is 4.28. The van der Waals surface area contributed by atoms with Crippen LogP contribution in [0.3, 0.4) is 0 Å². The van der Waals surface area contributed by atoms with Crippen molar-refractivity contribution in [3.63, 3.8) is 0 Å². The molecule has 1 N–H and O–H groups in total. The van der Waals surface area contributed by atoms with Crippen LogP contribution in [0.5, 0.6) is 5.75 Å². The average Bonchev–Trinajstić information content (AvgIpc) is 3.26. The molecule has 4 rings (SSSR count). The minimum absolute atomic E-state index is 0.0949. The van der Waals surface area contributed by atoms with E-state index in [0.29, 0.717) is 17.6 Å². The lowest BCUT2D eigenvalue weighted by Crippen LogP contribution is -2.14. The second kappa shape index (κ2) is 6.74. The molecule has 0 aliphatic heterocycles. The molecule has 1 amide bonds. The highest BCUT2D eigenvalue weighted by Gasteiger charge is 2.17. The van der Waals surface area contributed by atoms with Crippen LogP contribution in [0.15, 0.2) is 30.3 Å². The van der Waals surface area contributed by atoms with Crippen molar-refractivity contribution < 1.29 is 9.53 Å². The van der Waals surface area contributed by atoms with E-state index >= 15 is 0 Å². The fourth-order valence-corrected chi connectivity index (χ4v) is 3.26. The molecule has 7 nitrogen and oxygen atoms in total. The third kappa shape index (κ3) is 3.37. The molecule has 0 spiro atoms. The van der Waals surface area contributed by atoms with Crippen LogP contribution in [0.25, 0.3) is 5.78 Å². The lowest BCUT2D eigenvalue weighted by Gasteiger charge is -2.13. The van der Waals surface area contributed by atoms with Crippen molar-refractivity contribution in [1.82, 2.24) is 19.6 Å². The molecule has 3 aromatic rings. The standard InChI is InChI=1S/C19H21N5O2/c1-12-11-13(2)24-19(20-12)22-17(23-24)18(25)21-14-7-9-16(10-8-14)26-15-5-3-4-6-15/h7-11,15H,3-6H2,1-2H3,(H,21,25). The van der Waals surface area contributed by atoms with Gasteiger partial charge in [-0.25, -0.2) is 9.50 Å². The number of aryl methyl sites for hydroxylation is 2. The summed E-state index contributed by atoms with van der Waals surface area (Å²) in [6, 6.07) is 9.30. The summed E-state index contributed by atoms with van der Waals surface area (Å²) >= 11 is 0. The number of benzene rings is 1. The largest absolute Gasteiger partial charge is 0.490 e. The smallest absolute Gasteiger partial charge is 0.295 e. The van der Waals surface area contributed by atoms with Gasteiger partial charge in [-0.05, 0) is 69.9 Å². The average molecular weight is 351 g/mol. The van der Waals surface area contributed by atoms with Gasteiger partial charge in [0.05, 0.1) is 6.10 Å². The number of nitrogens with zero attached hydrogens (tertiary/aromatic N) is 4. The number of amides is 1. The molecular formula is C19H21N5O2. The number of anilines is 1. The van der Waals surface area contributed by atoms with Gasteiger partial charge >= 0.3 is 0 Å². The first-order chi connectivity index (χ1) is 12.6. The fraction of sp³-hybridized carbons (Fsp3) is 0.368. The number of carbonyl (C=O) groups excluding carboxylic acids is 1. The van der Waals surface area contributed by atoms with Crippen LogP contribution in [-0.4, -0.2) is 31.6 Å². The van der Waals surface area contributed by atoms with E-state index < -0.39 is 0 Å². The molecular weight excluding hydrogens is 330 g/mol. The first-order valence-electron chi connectivity index (χ1n) is 8.87. The molecule has 7 heteroatoms. The Morgan fingerprint density at radius 3 is 2.62 bits per heavy atom. The fourth-order valence-electron chi connectivity index (χ4n) is 3.26. The lowest BCUT2D eigenvalue weighted by molar-refractivity contribution is 0.101. The molecule has 0 atom stereocenters. The van der Waals surface area contributed by atoms with Gasteiger partial charge in [-0.1, -0.05) is 0 Å².